The number of ether oxygens (including phenoxy) is 1. The van der Waals surface area contributed by atoms with Crippen LogP contribution in [-0.4, -0.2) is 59.2 Å². The highest BCUT2D eigenvalue weighted by Gasteiger charge is 2.32. The third-order valence-corrected chi connectivity index (χ3v) is 7.13. The van der Waals surface area contributed by atoms with Gasteiger partial charge in [-0.1, -0.05) is 12.1 Å². The number of aryl methyl sites for hydroxylation is 1. The van der Waals surface area contributed by atoms with Crippen molar-refractivity contribution < 1.29 is 19.4 Å². The predicted molar refractivity (Wildman–Crippen MR) is 129 cm³/mol. The number of aliphatic hydroxyl groups excluding tert-OH is 1. The molecule has 2 fully saturated rings. The molecule has 5 rings (SSSR count). The zero-order valence-electron chi connectivity index (χ0n) is 19.4. The van der Waals surface area contributed by atoms with Gasteiger partial charge < -0.3 is 25.0 Å². The van der Waals surface area contributed by atoms with Crippen LogP contribution in [0.2, 0.25) is 0 Å². The summed E-state index contributed by atoms with van der Waals surface area (Å²) in [6, 6.07) is 9.92. The maximum atomic E-state index is 13.7. The number of aromatic nitrogens is 1. The largest absolute Gasteiger partial charge is 0.393 e. The van der Waals surface area contributed by atoms with E-state index in [-0.39, 0.29) is 23.8 Å². The summed E-state index contributed by atoms with van der Waals surface area (Å²) in [6.45, 7) is 2.94. The van der Waals surface area contributed by atoms with E-state index in [2.05, 4.69) is 10.3 Å². The van der Waals surface area contributed by atoms with Crippen molar-refractivity contribution in [2.24, 2.45) is 5.92 Å². The minimum absolute atomic E-state index is 0.0909. The molecular formula is C26H32N4O4. The lowest BCUT2D eigenvalue weighted by molar-refractivity contribution is -0.135. The fourth-order valence-electron chi connectivity index (χ4n) is 5.09. The molecular weight excluding hydrogens is 432 g/mol. The molecule has 8 heteroatoms. The zero-order valence-corrected chi connectivity index (χ0v) is 19.4. The minimum atomic E-state index is -0.303. The number of hydrogen-bond acceptors (Lipinski definition) is 6. The fourth-order valence-corrected chi connectivity index (χ4v) is 5.09. The second-order valence-electron chi connectivity index (χ2n) is 9.41. The molecule has 3 aliphatic rings. The van der Waals surface area contributed by atoms with Crippen molar-refractivity contribution in [3.63, 3.8) is 0 Å². The number of aliphatic hydroxyl groups is 1. The average Bonchev–Trinajstić information content (AvgIpc) is 3.04. The van der Waals surface area contributed by atoms with Crippen LogP contribution in [0.4, 0.5) is 17.2 Å². The van der Waals surface area contributed by atoms with Crippen molar-refractivity contribution in [3.05, 3.63) is 47.7 Å². The van der Waals surface area contributed by atoms with Gasteiger partial charge >= 0.3 is 0 Å². The number of carbonyl (C=O) groups is 2. The van der Waals surface area contributed by atoms with Crippen LogP contribution in [0.25, 0.3) is 0 Å². The molecule has 1 saturated heterocycles. The number of nitrogens with zero attached hydrogens (tertiary/aromatic N) is 3. The van der Waals surface area contributed by atoms with E-state index in [1.54, 1.807) is 6.20 Å². The number of fused-ring (bicyclic) bond motifs is 2. The van der Waals surface area contributed by atoms with E-state index in [0.717, 1.165) is 28.3 Å². The summed E-state index contributed by atoms with van der Waals surface area (Å²) in [5, 5.41) is 13.3. The van der Waals surface area contributed by atoms with Gasteiger partial charge in [-0.25, -0.2) is 4.98 Å². The Morgan fingerprint density at radius 1 is 1.12 bits per heavy atom. The Labute approximate surface area is 199 Å². The third kappa shape index (κ3) is 4.93. The Morgan fingerprint density at radius 2 is 1.91 bits per heavy atom. The lowest BCUT2D eigenvalue weighted by atomic mass is 9.86. The van der Waals surface area contributed by atoms with Crippen LogP contribution in [0.15, 0.2) is 36.5 Å². The van der Waals surface area contributed by atoms with E-state index in [1.165, 1.54) is 0 Å². The molecule has 1 aromatic heterocycles. The highest BCUT2D eigenvalue weighted by Crippen LogP contribution is 2.38. The van der Waals surface area contributed by atoms with Gasteiger partial charge in [0.05, 0.1) is 37.2 Å². The maximum absolute atomic E-state index is 13.7. The number of carbonyl (C=O) groups excluding carboxylic acids is 2. The van der Waals surface area contributed by atoms with Crippen LogP contribution < -0.4 is 10.2 Å². The molecule has 0 spiro atoms. The molecule has 2 N–H and O–H groups in total. The van der Waals surface area contributed by atoms with Gasteiger partial charge in [-0.15, -0.1) is 0 Å². The minimum Gasteiger partial charge on any atom is -0.393 e. The SMILES string of the molecule is O=C(CCc1ccc2c(c1)N(C(=O)C1CCC(O)CC1)Cc1cccnc1N2)N1CCOCC1. The molecule has 0 atom stereocenters. The fraction of sp³-hybridized carbons (Fsp3) is 0.500. The first kappa shape index (κ1) is 22.8. The van der Waals surface area contributed by atoms with Crippen LogP contribution in [0.3, 0.4) is 0 Å². The number of hydrogen-bond donors (Lipinski definition) is 2. The Hall–Kier alpha value is -2.97. The van der Waals surface area contributed by atoms with Crippen LogP contribution >= 0.6 is 0 Å². The van der Waals surface area contributed by atoms with E-state index in [4.69, 9.17) is 4.74 Å². The van der Waals surface area contributed by atoms with Gasteiger partial charge in [-0.3, -0.25) is 9.59 Å². The molecule has 1 saturated carbocycles. The lowest BCUT2D eigenvalue weighted by Gasteiger charge is -2.31. The smallest absolute Gasteiger partial charge is 0.230 e. The summed E-state index contributed by atoms with van der Waals surface area (Å²) >= 11 is 0. The monoisotopic (exact) mass is 464 g/mol. The summed E-state index contributed by atoms with van der Waals surface area (Å²) in [7, 11) is 0. The maximum Gasteiger partial charge on any atom is 0.230 e. The summed E-state index contributed by atoms with van der Waals surface area (Å²) in [5.74, 6) is 0.893. The first-order valence-corrected chi connectivity index (χ1v) is 12.3. The van der Waals surface area contributed by atoms with Crippen LogP contribution in [0.1, 0.15) is 43.2 Å². The topological polar surface area (TPSA) is 95.0 Å². The van der Waals surface area contributed by atoms with Gasteiger partial charge in [-0.2, -0.15) is 0 Å². The summed E-state index contributed by atoms with van der Waals surface area (Å²) in [6.07, 6.45) is 5.22. The van der Waals surface area contributed by atoms with Crippen molar-refractivity contribution in [1.82, 2.24) is 9.88 Å². The number of amides is 2. The standard InChI is InChI=1S/C26H32N4O4/c31-21-7-5-19(6-8-21)26(33)30-17-20-2-1-11-27-25(20)28-22-9-3-18(16-23(22)30)4-10-24(32)29-12-14-34-15-13-29/h1-3,9,11,16,19,21,31H,4-8,10,12-15,17H2,(H,27,28). The van der Waals surface area contributed by atoms with Crippen molar-refractivity contribution in [2.75, 3.05) is 36.5 Å². The zero-order chi connectivity index (χ0) is 23.5. The number of anilines is 3. The number of nitrogens with one attached hydrogen (secondary N) is 1. The molecule has 1 aromatic carbocycles. The number of rotatable bonds is 4. The van der Waals surface area contributed by atoms with Gasteiger partial charge in [0.15, 0.2) is 0 Å². The van der Waals surface area contributed by atoms with E-state index in [0.29, 0.717) is 71.4 Å². The van der Waals surface area contributed by atoms with Gasteiger partial charge in [0.2, 0.25) is 11.8 Å². The van der Waals surface area contributed by atoms with Gasteiger partial charge in [-0.05, 0) is 55.9 Å². The second-order valence-corrected chi connectivity index (χ2v) is 9.41. The van der Waals surface area contributed by atoms with E-state index in [1.807, 2.05) is 40.1 Å². The molecule has 8 nitrogen and oxygen atoms in total. The Morgan fingerprint density at radius 3 is 2.71 bits per heavy atom. The molecule has 2 aromatic rings. The van der Waals surface area contributed by atoms with Crippen LogP contribution in [0, 0.1) is 5.92 Å². The molecule has 34 heavy (non-hydrogen) atoms. The van der Waals surface area contributed by atoms with Gasteiger partial charge in [0.25, 0.3) is 0 Å². The van der Waals surface area contributed by atoms with Crippen molar-refractivity contribution in [1.29, 1.82) is 0 Å². The first-order valence-electron chi connectivity index (χ1n) is 12.3. The third-order valence-electron chi connectivity index (χ3n) is 7.13. The summed E-state index contributed by atoms with van der Waals surface area (Å²) in [4.78, 5) is 34.5. The Balaban J connectivity index is 1.39. The normalized spacial score (nSPS) is 22.3. The molecule has 0 radical (unpaired) electrons. The van der Waals surface area contributed by atoms with Gasteiger partial charge in [0.1, 0.15) is 5.82 Å². The van der Waals surface area contributed by atoms with E-state index < -0.39 is 0 Å². The molecule has 2 amide bonds. The van der Waals surface area contributed by atoms with Crippen LogP contribution in [0.5, 0.6) is 0 Å². The highest BCUT2D eigenvalue weighted by molar-refractivity contribution is 5.99. The van der Waals surface area contributed by atoms with Crippen molar-refractivity contribution in [3.8, 4) is 0 Å². The lowest BCUT2D eigenvalue weighted by Crippen LogP contribution is -2.40. The van der Waals surface area contributed by atoms with E-state index in [9.17, 15) is 14.7 Å². The van der Waals surface area contributed by atoms with Crippen molar-refractivity contribution in [2.45, 2.75) is 51.2 Å². The summed E-state index contributed by atoms with van der Waals surface area (Å²) < 4.78 is 5.35. The summed E-state index contributed by atoms with van der Waals surface area (Å²) in [5.41, 5.74) is 3.65. The average molecular weight is 465 g/mol. The first-order chi connectivity index (χ1) is 16.6. The van der Waals surface area contributed by atoms with Crippen molar-refractivity contribution >= 4 is 29.0 Å². The molecule has 180 valence electrons. The number of morpholine rings is 1. The predicted octanol–water partition coefficient (Wildman–Crippen LogP) is 3.01. The Bertz CT molecular complexity index is 1040. The Kier molecular flexibility index (Phi) is 6.78. The quantitative estimate of drug-likeness (QED) is 0.722. The highest BCUT2D eigenvalue weighted by atomic mass is 16.5. The number of benzene rings is 1. The molecule has 0 bridgehead atoms. The van der Waals surface area contributed by atoms with E-state index >= 15 is 0 Å². The number of pyridine rings is 1. The molecule has 3 heterocycles. The van der Waals surface area contributed by atoms with Gasteiger partial charge in [0, 0.05) is 37.2 Å². The molecule has 0 unspecified atom stereocenters. The molecule has 2 aliphatic heterocycles. The second kappa shape index (κ2) is 10.1. The van der Waals surface area contributed by atoms with Crippen LogP contribution in [-0.2, 0) is 27.3 Å². The molecule has 1 aliphatic carbocycles.